The average molecular weight is 256 g/mol. The second-order valence-corrected chi connectivity index (χ2v) is 5.48. The molecule has 0 radical (unpaired) electrons. The first-order chi connectivity index (χ1) is 8.58. The number of aliphatic hydroxyl groups is 1. The summed E-state index contributed by atoms with van der Waals surface area (Å²) in [7, 11) is 0. The van der Waals surface area contributed by atoms with Crippen molar-refractivity contribution in [3.63, 3.8) is 0 Å². The zero-order valence-corrected chi connectivity index (χ0v) is 12.0. The molecule has 0 bridgehead atoms. The molecule has 4 nitrogen and oxygen atoms in total. The van der Waals surface area contributed by atoms with Crippen LogP contribution >= 0.6 is 0 Å². The summed E-state index contributed by atoms with van der Waals surface area (Å²) in [6.45, 7) is 8.41. The van der Waals surface area contributed by atoms with Gasteiger partial charge in [0.1, 0.15) is 0 Å². The lowest BCUT2D eigenvalue weighted by molar-refractivity contribution is -0.132. The fraction of sp³-hybridized carbons (Fsp3) is 0.929. The van der Waals surface area contributed by atoms with Crippen LogP contribution in [0.2, 0.25) is 0 Å². The van der Waals surface area contributed by atoms with Crippen LogP contribution in [0.25, 0.3) is 0 Å². The average Bonchev–Trinajstić information content (AvgIpc) is 2.86. The van der Waals surface area contributed by atoms with Gasteiger partial charge in [-0.15, -0.1) is 0 Å². The molecule has 1 amide bonds. The van der Waals surface area contributed by atoms with E-state index < -0.39 is 0 Å². The van der Waals surface area contributed by atoms with Crippen LogP contribution in [-0.2, 0) is 4.79 Å². The number of carbonyl (C=O) groups is 1. The molecule has 0 aromatic heterocycles. The van der Waals surface area contributed by atoms with Crippen molar-refractivity contribution < 1.29 is 9.90 Å². The van der Waals surface area contributed by atoms with E-state index in [0.29, 0.717) is 0 Å². The van der Waals surface area contributed by atoms with Crippen molar-refractivity contribution in [3.05, 3.63) is 0 Å². The van der Waals surface area contributed by atoms with E-state index in [1.807, 2.05) is 25.7 Å². The van der Waals surface area contributed by atoms with E-state index in [2.05, 4.69) is 5.32 Å². The van der Waals surface area contributed by atoms with Crippen LogP contribution in [-0.4, -0.2) is 48.2 Å². The van der Waals surface area contributed by atoms with Gasteiger partial charge in [0.05, 0.1) is 6.04 Å². The predicted octanol–water partition coefficient (Wildman–Crippen LogP) is 1.39. The number of nitrogens with one attached hydrogen (secondary N) is 1. The topological polar surface area (TPSA) is 52.6 Å². The van der Waals surface area contributed by atoms with Gasteiger partial charge in [-0.3, -0.25) is 4.79 Å². The number of hydrogen-bond donors (Lipinski definition) is 2. The zero-order chi connectivity index (χ0) is 13.6. The molecule has 18 heavy (non-hydrogen) atoms. The van der Waals surface area contributed by atoms with Gasteiger partial charge in [0.15, 0.2) is 0 Å². The van der Waals surface area contributed by atoms with E-state index in [9.17, 15) is 9.90 Å². The lowest BCUT2D eigenvalue weighted by Crippen LogP contribution is -2.48. The Morgan fingerprint density at radius 1 is 1.33 bits per heavy atom. The van der Waals surface area contributed by atoms with Crippen molar-refractivity contribution in [2.24, 2.45) is 5.41 Å². The summed E-state index contributed by atoms with van der Waals surface area (Å²) in [6, 6.07) is -0.158. The van der Waals surface area contributed by atoms with Gasteiger partial charge in [-0.2, -0.15) is 0 Å². The zero-order valence-electron chi connectivity index (χ0n) is 12.0. The molecule has 2 N–H and O–H groups in total. The Bertz CT molecular complexity index is 259. The Balaban J connectivity index is 2.44. The lowest BCUT2D eigenvalue weighted by atomic mass is 9.87. The minimum absolute atomic E-state index is 0.0117. The monoisotopic (exact) mass is 256 g/mol. The highest BCUT2D eigenvalue weighted by molar-refractivity contribution is 5.81. The van der Waals surface area contributed by atoms with Crippen molar-refractivity contribution in [2.45, 2.75) is 52.5 Å². The van der Waals surface area contributed by atoms with Crippen molar-refractivity contribution >= 4 is 5.91 Å². The standard InChI is InChI=1S/C14H28N2O2/c1-4-16(5-2)13(18)12(3)15-10-14(11-17)8-6-7-9-14/h12,15,17H,4-11H2,1-3H3. The second-order valence-electron chi connectivity index (χ2n) is 5.48. The maximum Gasteiger partial charge on any atom is 0.239 e. The molecule has 0 heterocycles. The number of amides is 1. The maximum atomic E-state index is 12.1. The van der Waals surface area contributed by atoms with E-state index in [1.165, 1.54) is 12.8 Å². The highest BCUT2D eigenvalue weighted by Gasteiger charge is 2.33. The number of nitrogens with zero attached hydrogens (tertiary/aromatic N) is 1. The third-order valence-electron chi connectivity index (χ3n) is 4.23. The Kier molecular flexibility index (Phi) is 6.09. The fourth-order valence-corrected chi connectivity index (χ4v) is 2.78. The molecule has 1 aliphatic carbocycles. The summed E-state index contributed by atoms with van der Waals surface area (Å²) in [5, 5.41) is 12.8. The molecule has 1 atom stereocenters. The predicted molar refractivity (Wildman–Crippen MR) is 73.4 cm³/mol. The van der Waals surface area contributed by atoms with Crippen molar-refractivity contribution in [1.29, 1.82) is 0 Å². The molecule has 1 saturated carbocycles. The van der Waals surface area contributed by atoms with E-state index >= 15 is 0 Å². The maximum absolute atomic E-state index is 12.1. The van der Waals surface area contributed by atoms with Crippen LogP contribution in [0, 0.1) is 5.41 Å². The first-order valence-corrected chi connectivity index (χ1v) is 7.21. The van der Waals surface area contributed by atoms with Crippen LogP contribution in [0.15, 0.2) is 0 Å². The van der Waals surface area contributed by atoms with E-state index in [4.69, 9.17) is 0 Å². The Morgan fingerprint density at radius 3 is 2.33 bits per heavy atom. The van der Waals surface area contributed by atoms with Crippen LogP contribution in [0.5, 0.6) is 0 Å². The molecule has 4 heteroatoms. The van der Waals surface area contributed by atoms with Gasteiger partial charge < -0.3 is 15.3 Å². The van der Waals surface area contributed by atoms with Crippen LogP contribution in [0.4, 0.5) is 0 Å². The first-order valence-electron chi connectivity index (χ1n) is 7.21. The quantitative estimate of drug-likeness (QED) is 0.723. The number of hydrogen-bond acceptors (Lipinski definition) is 3. The number of rotatable bonds is 7. The molecule has 0 aliphatic heterocycles. The largest absolute Gasteiger partial charge is 0.396 e. The smallest absolute Gasteiger partial charge is 0.239 e. The van der Waals surface area contributed by atoms with E-state index in [0.717, 1.165) is 32.5 Å². The van der Waals surface area contributed by atoms with Gasteiger partial charge in [0.2, 0.25) is 5.91 Å². The molecule has 0 aromatic carbocycles. The van der Waals surface area contributed by atoms with Gasteiger partial charge in [0.25, 0.3) is 0 Å². The van der Waals surface area contributed by atoms with Gasteiger partial charge in [-0.1, -0.05) is 12.8 Å². The molecule has 1 unspecified atom stereocenters. The fourth-order valence-electron chi connectivity index (χ4n) is 2.78. The van der Waals surface area contributed by atoms with Gasteiger partial charge in [-0.05, 0) is 33.6 Å². The number of aliphatic hydroxyl groups excluding tert-OH is 1. The molecule has 0 aromatic rings. The van der Waals surface area contributed by atoms with Crippen LogP contribution < -0.4 is 5.32 Å². The number of likely N-dealkylation sites (N-methyl/N-ethyl adjacent to an activating group) is 1. The summed E-state index contributed by atoms with van der Waals surface area (Å²) in [6.07, 6.45) is 4.53. The minimum Gasteiger partial charge on any atom is -0.396 e. The summed E-state index contributed by atoms with van der Waals surface area (Å²) in [5.74, 6) is 0.158. The first kappa shape index (κ1) is 15.4. The van der Waals surface area contributed by atoms with E-state index in [1.54, 1.807) is 0 Å². The van der Waals surface area contributed by atoms with Crippen molar-refractivity contribution in [1.82, 2.24) is 10.2 Å². The summed E-state index contributed by atoms with van der Waals surface area (Å²) < 4.78 is 0. The lowest BCUT2D eigenvalue weighted by Gasteiger charge is -2.30. The molecule has 1 rings (SSSR count). The molecule has 0 saturated heterocycles. The summed E-state index contributed by atoms with van der Waals surface area (Å²) in [5.41, 5.74) is 0.0117. The normalized spacial score (nSPS) is 19.8. The van der Waals surface area contributed by atoms with E-state index in [-0.39, 0.29) is 24.0 Å². The highest BCUT2D eigenvalue weighted by atomic mass is 16.3. The third kappa shape index (κ3) is 3.69. The Labute approximate surface area is 111 Å². The molecule has 1 aliphatic rings. The van der Waals surface area contributed by atoms with Gasteiger partial charge in [-0.25, -0.2) is 0 Å². The SMILES string of the molecule is CCN(CC)C(=O)C(C)NCC1(CO)CCCC1. The minimum atomic E-state index is -0.158. The van der Waals surface area contributed by atoms with Crippen molar-refractivity contribution in [3.8, 4) is 0 Å². The molecule has 1 fully saturated rings. The number of carbonyl (C=O) groups excluding carboxylic acids is 1. The second kappa shape index (κ2) is 7.10. The Hall–Kier alpha value is -0.610. The molecular weight excluding hydrogens is 228 g/mol. The van der Waals surface area contributed by atoms with Crippen molar-refractivity contribution in [2.75, 3.05) is 26.2 Å². The molecule has 0 spiro atoms. The van der Waals surface area contributed by atoms with Gasteiger partial charge in [0, 0.05) is 31.7 Å². The van der Waals surface area contributed by atoms with Crippen LogP contribution in [0.1, 0.15) is 46.5 Å². The molecule has 106 valence electrons. The molecular formula is C14H28N2O2. The third-order valence-corrected chi connectivity index (χ3v) is 4.23. The highest BCUT2D eigenvalue weighted by Crippen LogP contribution is 2.36. The Morgan fingerprint density at radius 2 is 1.89 bits per heavy atom. The summed E-state index contributed by atoms with van der Waals surface area (Å²) in [4.78, 5) is 13.9. The van der Waals surface area contributed by atoms with Gasteiger partial charge >= 0.3 is 0 Å². The van der Waals surface area contributed by atoms with Crippen LogP contribution in [0.3, 0.4) is 0 Å². The summed E-state index contributed by atoms with van der Waals surface area (Å²) >= 11 is 0.